The van der Waals surface area contributed by atoms with Gasteiger partial charge in [0.15, 0.2) is 0 Å². The van der Waals surface area contributed by atoms with Gasteiger partial charge in [0.1, 0.15) is 0 Å². The van der Waals surface area contributed by atoms with Crippen molar-refractivity contribution in [1.29, 1.82) is 0 Å². The summed E-state index contributed by atoms with van der Waals surface area (Å²) in [6.07, 6.45) is 1.33. The molecule has 1 rings (SSSR count). The van der Waals surface area contributed by atoms with Crippen LogP contribution in [0.1, 0.15) is 48.5 Å². The molecule has 1 heterocycles. The monoisotopic (exact) mass is 378 g/mol. The standard InChI is InChI=1S/C18H38N2O4S/c1-15(17(2,3)4)24-14-16(13-19-9-11-23-12-10-19)20(18(5,6)7)25(8,21)22/h15-16H,9-14H2,1-8H3. The summed E-state index contributed by atoms with van der Waals surface area (Å²) >= 11 is 0. The van der Waals surface area contributed by atoms with Gasteiger partial charge in [-0.3, -0.25) is 4.90 Å². The highest BCUT2D eigenvalue weighted by Gasteiger charge is 2.38. The molecule has 1 aliphatic rings. The molecule has 25 heavy (non-hydrogen) atoms. The van der Waals surface area contributed by atoms with Gasteiger partial charge in [-0.05, 0) is 33.1 Å². The first-order valence-electron chi connectivity index (χ1n) is 9.14. The normalized spacial score (nSPS) is 20.7. The van der Waals surface area contributed by atoms with Crippen molar-refractivity contribution in [2.24, 2.45) is 5.41 Å². The van der Waals surface area contributed by atoms with Crippen molar-refractivity contribution in [2.75, 3.05) is 45.7 Å². The Balaban J connectivity index is 2.99. The van der Waals surface area contributed by atoms with E-state index in [-0.39, 0.29) is 17.6 Å². The Hall–Kier alpha value is -0.210. The van der Waals surface area contributed by atoms with Crippen LogP contribution in [0.25, 0.3) is 0 Å². The van der Waals surface area contributed by atoms with Crippen molar-refractivity contribution in [3.8, 4) is 0 Å². The van der Waals surface area contributed by atoms with Gasteiger partial charge in [-0.15, -0.1) is 0 Å². The summed E-state index contributed by atoms with van der Waals surface area (Å²) < 4.78 is 38.2. The molecule has 2 atom stereocenters. The topological polar surface area (TPSA) is 59.1 Å². The van der Waals surface area contributed by atoms with Crippen molar-refractivity contribution >= 4 is 10.0 Å². The molecule has 7 heteroatoms. The van der Waals surface area contributed by atoms with E-state index in [4.69, 9.17) is 9.47 Å². The molecule has 1 saturated heterocycles. The summed E-state index contributed by atoms with van der Waals surface area (Å²) in [5, 5.41) is 0. The van der Waals surface area contributed by atoms with Crippen LogP contribution in [-0.4, -0.2) is 81.0 Å². The number of hydrogen-bond acceptors (Lipinski definition) is 5. The van der Waals surface area contributed by atoms with Gasteiger partial charge >= 0.3 is 0 Å². The van der Waals surface area contributed by atoms with E-state index < -0.39 is 15.6 Å². The van der Waals surface area contributed by atoms with Crippen LogP contribution in [0.3, 0.4) is 0 Å². The summed E-state index contributed by atoms with van der Waals surface area (Å²) in [6.45, 7) is 18.3. The van der Waals surface area contributed by atoms with Gasteiger partial charge in [0.2, 0.25) is 10.0 Å². The summed E-state index contributed by atoms with van der Waals surface area (Å²) in [5.41, 5.74) is -0.486. The van der Waals surface area contributed by atoms with Crippen LogP contribution in [0.2, 0.25) is 0 Å². The van der Waals surface area contributed by atoms with Crippen molar-refractivity contribution in [1.82, 2.24) is 9.21 Å². The first-order valence-corrected chi connectivity index (χ1v) is 11.0. The number of sulfonamides is 1. The summed E-state index contributed by atoms with van der Waals surface area (Å²) in [5.74, 6) is 0. The summed E-state index contributed by atoms with van der Waals surface area (Å²) in [4.78, 5) is 2.27. The molecule has 0 amide bonds. The molecule has 0 radical (unpaired) electrons. The van der Waals surface area contributed by atoms with Gasteiger partial charge in [0.05, 0.1) is 38.2 Å². The Morgan fingerprint density at radius 1 is 1.12 bits per heavy atom. The van der Waals surface area contributed by atoms with Gasteiger partial charge in [-0.2, -0.15) is 4.31 Å². The quantitative estimate of drug-likeness (QED) is 0.680. The molecular formula is C18H38N2O4S. The van der Waals surface area contributed by atoms with Crippen LogP contribution in [-0.2, 0) is 19.5 Å². The number of rotatable bonds is 7. The summed E-state index contributed by atoms with van der Waals surface area (Å²) in [6, 6.07) is -0.224. The van der Waals surface area contributed by atoms with Crippen LogP contribution in [0, 0.1) is 5.41 Å². The SMILES string of the molecule is CC(OCC(CN1CCOCC1)N(C(C)(C)C)S(C)(=O)=O)C(C)(C)C. The Morgan fingerprint density at radius 2 is 1.64 bits per heavy atom. The molecule has 0 bridgehead atoms. The van der Waals surface area contributed by atoms with E-state index in [2.05, 4.69) is 25.7 Å². The zero-order valence-corrected chi connectivity index (χ0v) is 18.1. The zero-order valence-electron chi connectivity index (χ0n) is 17.3. The highest BCUT2D eigenvalue weighted by atomic mass is 32.2. The first kappa shape index (κ1) is 22.8. The Bertz CT molecular complexity index is 502. The molecule has 150 valence electrons. The third-order valence-electron chi connectivity index (χ3n) is 4.68. The lowest BCUT2D eigenvalue weighted by atomic mass is 9.90. The van der Waals surface area contributed by atoms with Crippen LogP contribution in [0.15, 0.2) is 0 Å². The van der Waals surface area contributed by atoms with Gasteiger partial charge < -0.3 is 9.47 Å². The highest BCUT2D eigenvalue weighted by molar-refractivity contribution is 7.88. The van der Waals surface area contributed by atoms with Gasteiger partial charge in [-0.25, -0.2) is 8.42 Å². The van der Waals surface area contributed by atoms with Crippen molar-refractivity contribution in [3.05, 3.63) is 0 Å². The van der Waals surface area contributed by atoms with E-state index >= 15 is 0 Å². The second-order valence-corrected chi connectivity index (χ2v) is 11.0. The van der Waals surface area contributed by atoms with E-state index in [0.29, 0.717) is 26.4 Å². The average molecular weight is 379 g/mol. The van der Waals surface area contributed by atoms with Gasteiger partial charge in [-0.1, -0.05) is 20.8 Å². The molecule has 0 aliphatic carbocycles. The minimum absolute atomic E-state index is 0.0150. The molecule has 1 fully saturated rings. The number of morpholine rings is 1. The van der Waals surface area contributed by atoms with E-state index in [1.165, 1.54) is 6.26 Å². The molecule has 0 aromatic heterocycles. The van der Waals surface area contributed by atoms with Crippen LogP contribution in [0.4, 0.5) is 0 Å². The molecule has 0 N–H and O–H groups in total. The molecule has 0 aromatic rings. The Labute approximate surface area is 154 Å². The predicted octanol–water partition coefficient (Wildman–Crippen LogP) is 2.20. The molecule has 2 unspecified atom stereocenters. The maximum absolute atomic E-state index is 12.5. The fraction of sp³-hybridized carbons (Fsp3) is 1.00. The lowest BCUT2D eigenvalue weighted by Crippen LogP contribution is -2.57. The second kappa shape index (κ2) is 8.65. The largest absolute Gasteiger partial charge is 0.379 e. The molecule has 6 nitrogen and oxygen atoms in total. The third kappa shape index (κ3) is 7.51. The molecule has 0 aromatic carbocycles. The van der Waals surface area contributed by atoms with Crippen molar-refractivity contribution < 1.29 is 17.9 Å². The third-order valence-corrected chi connectivity index (χ3v) is 6.24. The fourth-order valence-electron chi connectivity index (χ4n) is 3.10. The van der Waals surface area contributed by atoms with Crippen LogP contribution in [0.5, 0.6) is 0 Å². The van der Waals surface area contributed by atoms with E-state index in [1.54, 1.807) is 4.31 Å². The van der Waals surface area contributed by atoms with E-state index in [0.717, 1.165) is 13.1 Å². The predicted molar refractivity (Wildman–Crippen MR) is 102 cm³/mol. The molecule has 0 spiro atoms. The van der Waals surface area contributed by atoms with E-state index in [1.807, 2.05) is 27.7 Å². The van der Waals surface area contributed by atoms with Crippen molar-refractivity contribution in [2.45, 2.75) is 66.2 Å². The highest BCUT2D eigenvalue weighted by Crippen LogP contribution is 2.25. The maximum atomic E-state index is 12.5. The van der Waals surface area contributed by atoms with E-state index in [9.17, 15) is 8.42 Å². The van der Waals surface area contributed by atoms with Crippen LogP contribution >= 0.6 is 0 Å². The minimum atomic E-state index is -3.36. The smallest absolute Gasteiger partial charge is 0.212 e. The lowest BCUT2D eigenvalue weighted by Gasteiger charge is -2.42. The zero-order chi connectivity index (χ0) is 19.5. The van der Waals surface area contributed by atoms with Crippen LogP contribution < -0.4 is 0 Å². The number of ether oxygens (including phenoxy) is 2. The fourth-order valence-corrected chi connectivity index (χ4v) is 4.76. The minimum Gasteiger partial charge on any atom is -0.379 e. The molecule has 1 aliphatic heterocycles. The molecular weight excluding hydrogens is 340 g/mol. The van der Waals surface area contributed by atoms with Gasteiger partial charge in [0.25, 0.3) is 0 Å². The molecule has 0 saturated carbocycles. The van der Waals surface area contributed by atoms with Gasteiger partial charge in [0, 0.05) is 25.2 Å². The number of nitrogens with zero attached hydrogens (tertiary/aromatic N) is 2. The second-order valence-electron chi connectivity index (χ2n) is 9.14. The Morgan fingerprint density at radius 3 is 2.04 bits per heavy atom. The summed E-state index contributed by atoms with van der Waals surface area (Å²) in [7, 11) is -3.36. The Kier molecular flexibility index (Phi) is 7.90. The van der Waals surface area contributed by atoms with Crippen molar-refractivity contribution in [3.63, 3.8) is 0 Å². The maximum Gasteiger partial charge on any atom is 0.212 e. The number of hydrogen-bond donors (Lipinski definition) is 0. The lowest BCUT2D eigenvalue weighted by molar-refractivity contribution is -0.0432. The first-order chi connectivity index (χ1) is 11.2. The average Bonchev–Trinajstić information content (AvgIpc) is 2.41.